The molecule has 4 heterocycles. The fourth-order valence-corrected chi connectivity index (χ4v) is 4.67. The Hall–Kier alpha value is -3.92. The molecule has 0 aromatic carbocycles. The number of fused-ring (bicyclic) bond motifs is 1. The predicted octanol–water partition coefficient (Wildman–Crippen LogP) is 2.94. The van der Waals surface area contributed by atoms with Gasteiger partial charge in [-0.3, -0.25) is 4.79 Å². The highest BCUT2D eigenvalue weighted by Gasteiger charge is 2.29. The van der Waals surface area contributed by atoms with E-state index < -0.39 is 0 Å². The normalized spacial score (nSPS) is 19.6. The summed E-state index contributed by atoms with van der Waals surface area (Å²) in [7, 11) is 3.71. The van der Waals surface area contributed by atoms with Crippen molar-refractivity contribution >= 4 is 29.3 Å². The van der Waals surface area contributed by atoms with E-state index in [4.69, 9.17) is 4.74 Å². The Labute approximate surface area is 210 Å². The molecule has 10 heteroatoms. The average Bonchev–Trinajstić information content (AvgIpc) is 3.28. The number of nitrogens with zero attached hydrogens (tertiary/aromatic N) is 5. The number of carbonyl (C=O) groups is 1. The standard InChI is InChI=1S/C26H32N8O2/c1-16-13-19-17(2)21(7-6-20(19)31-16)36-26-23(25(35)27-3)24(29-15-30-26)32-22-8-5-18(14-28-22)34-11-9-33(4)10-12-34/h5-8,13-15,17,21,31H,9-12H2,1-4H3,(H,27,35)(H,28,29,30,32). The number of pyridine rings is 1. The zero-order chi connectivity index (χ0) is 25.2. The Balaban J connectivity index is 1.37. The number of amides is 1. The molecule has 36 heavy (non-hydrogen) atoms. The highest BCUT2D eigenvalue weighted by atomic mass is 16.5. The molecule has 0 spiro atoms. The molecule has 3 aromatic heterocycles. The smallest absolute Gasteiger partial charge is 0.260 e. The van der Waals surface area contributed by atoms with Crippen LogP contribution in [0.2, 0.25) is 0 Å². The van der Waals surface area contributed by atoms with Gasteiger partial charge in [0.05, 0.1) is 11.9 Å². The molecule has 3 N–H and O–H groups in total. The van der Waals surface area contributed by atoms with E-state index in [0.717, 1.165) is 43.3 Å². The van der Waals surface area contributed by atoms with Gasteiger partial charge in [-0.1, -0.05) is 6.92 Å². The van der Waals surface area contributed by atoms with E-state index in [1.807, 2.05) is 37.4 Å². The Morgan fingerprint density at radius 2 is 1.97 bits per heavy atom. The van der Waals surface area contributed by atoms with E-state index in [-0.39, 0.29) is 29.4 Å². The van der Waals surface area contributed by atoms with Crippen LogP contribution in [0.5, 0.6) is 5.88 Å². The SMILES string of the molecule is CNC(=O)c1c(Nc2ccc(N3CCN(C)CC3)cn2)ncnc1OC1C=Cc2[nH]c(C)cc2C1C. The first kappa shape index (κ1) is 23.8. The molecule has 2 unspecified atom stereocenters. The second-order valence-corrected chi connectivity index (χ2v) is 9.35. The van der Waals surface area contributed by atoms with E-state index in [1.165, 1.54) is 11.9 Å². The van der Waals surface area contributed by atoms with Crippen molar-refractivity contribution in [1.82, 2.24) is 30.2 Å². The first-order valence-corrected chi connectivity index (χ1v) is 12.2. The zero-order valence-electron chi connectivity index (χ0n) is 21.1. The van der Waals surface area contributed by atoms with Crippen molar-refractivity contribution in [2.24, 2.45) is 0 Å². The highest BCUT2D eigenvalue weighted by Crippen LogP contribution is 2.34. The first-order chi connectivity index (χ1) is 17.4. The lowest BCUT2D eigenvalue weighted by molar-refractivity contribution is 0.0955. The predicted molar refractivity (Wildman–Crippen MR) is 140 cm³/mol. The third-order valence-corrected chi connectivity index (χ3v) is 6.83. The molecule has 1 fully saturated rings. The summed E-state index contributed by atoms with van der Waals surface area (Å²) in [5.74, 6) is 0.888. The van der Waals surface area contributed by atoms with Gasteiger partial charge in [-0.15, -0.1) is 0 Å². The molecule has 5 rings (SSSR count). The van der Waals surface area contributed by atoms with Crippen LogP contribution in [-0.4, -0.2) is 77.1 Å². The maximum Gasteiger partial charge on any atom is 0.260 e. The van der Waals surface area contributed by atoms with E-state index >= 15 is 0 Å². The summed E-state index contributed by atoms with van der Waals surface area (Å²) >= 11 is 0. The van der Waals surface area contributed by atoms with E-state index in [0.29, 0.717) is 11.6 Å². The monoisotopic (exact) mass is 488 g/mol. The average molecular weight is 489 g/mol. The Morgan fingerprint density at radius 3 is 2.69 bits per heavy atom. The van der Waals surface area contributed by atoms with Gasteiger partial charge in [0.25, 0.3) is 5.91 Å². The molecule has 10 nitrogen and oxygen atoms in total. The summed E-state index contributed by atoms with van der Waals surface area (Å²) in [5, 5.41) is 5.86. The van der Waals surface area contributed by atoms with Gasteiger partial charge in [0.2, 0.25) is 5.88 Å². The van der Waals surface area contributed by atoms with Crippen LogP contribution in [0, 0.1) is 6.92 Å². The summed E-state index contributed by atoms with van der Waals surface area (Å²) in [5.41, 5.74) is 4.68. The second-order valence-electron chi connectivity index (χ2n) is 9.35. The Bertz CT molecular complexity index is 1260. The van der Waals surface area contributed by atoms with Crippen molar-refractivity contribution in [3.8, 4) is 5.88 Å². The molecule has 0 radical (unpaired) electrons. The summed E-state index contributed by atoms with van der Waals surface area (Å²) in [6.45, 7) is 8.13. The van der Waals surface area contributed by atoms with Crippen LogP contribution < -0.4 is 20.3 Å². The van der Waals surface area contributed by atoms with E-state index in [9.17, 15) is 4.79 Å². The van der Waals surface area contributed by atoms with Crippen LogP contribution in [0.1, 0.15) is 40.2 Å². The van der Waals surface area contributed by atoms with Gasteiger partial charge in [0.1, 0.15) is 23.8 Å². The number of aromatic amines is 1. The van der Waals surface area contributed by atoms with Crippen LogP contribution in [0.15, 0.2) is 36.8 Å². The number of rotatable bonds is 6. The summed E-state index contributed by atoms with van der Waals surface area (Å²) in [6, 6.07) is 6.05. The molecule has 3 aromatic rings. The van der Waals surface area contributed by atoms with Crippen molar-refractivity contribution in [3.63, 3.8) is 0 Å². The fraction of sp³-hybridized carbons (Fsp3) is 0.385. The topological polar surface area (TPSA) is 111 Å². The van der Waals surface area contributed by atoms with Gasteiger partial charge in [-0.2, -0.15) is 0 Å². The van der Waals surface area contributed by atoms with Crippen LogP contribution in [0.4, 0.5) is 17.3 Å². The van der Waals surface area contributed by atoms with Gasteiger partial charge >= 0.3 is 0 Å². The third kappa shape index (κ3) is 4.76. The van der Waals surface area contributed by atoms with Crippen molar-refractivity contribution < 1.29 is 9.53 Å². The molecule has 1 aliphatic carbocycles. The van der Waals surface area contributed by atoms with Crippen LogP contribution >= 0.6 is 0 Å². The van der Waals surface area contributed by atoms with Gasteiger partial charge in [0, 0.05) is 50.5 Å². The third-order valence-electron chi connectivity index (χ3n) is 6.83. The lowest BCUT2D eigenvalue weighted by Crippen LogP contribution is -2.44. The summed E-state index contributed by atoms with van der Waals surface area (Å²) in [6.07, 6.45) is 6.96. The maximum absolute atomic E-state index is 12.9. The minimum absolute atomic E-state index is 0.0858. The molecule has 1 saturated heterocycles. The Morgan fingerprint density at radius 1 is 1.17 bits per heavy atom. The number of aromatic nitrogens is 4. The second kappa shape index (κ2) is 9.98. The number of ether oxygens (including phenoxy) is 1. The lowest BCUT2D eigenvalue weighted by atomic mass is 9.90. The number of anilines is 3. The number of H-pyrrole nitrogens is 1. The largest absolute Gasteiger partial charge is 0.469 e. The fourth-order valence-electron chi connectivity index (χ4n) is 4.67. The zero-order valence-corrected chi connectivity index (χ0v) is 21.1. The van der Waals surface area contributed by atoms with E-state index in [2.05, 4.69) is 60.4 Å². The van der Waals surface area contributed by atoms with Crippen LogP contribution in [0.3, 0.4) is 0 Å². The van der Waals surface area contributed by atoms with Crippen molar-refractivity contribution in [3.05, 3.63) is 59.3 Å². The Kier molecular flexibility index (Phi) is 6.60. The number of piperazine rings is 1. The minimum atomic E-state index is -0.340. The number of hydrogen-bond acceptors (Lipinski definition) is 8. The molecule has 2 atom stereocenters. The van der Waals surface area contributed by atoms with Crippen LogP contribution in [-0.2, 0) is 0 Å². The summed E-state index contributed by atoms with van der Waals surface area (Å²) < 4.78 is 6.29. The molecular weight excluding hydrogens is 456 g/mol. The highest BCUT2D eigenvalue weighted by molar-refractivity contribution is 6.01. The maximum atomic E-state index is 12.9. The number of hydrogen-bond donors (Lipinski definition) is 3. The first-order valence-electron chi connectivity index (χ1n) is 12.2. The van der Waals surface area contributed by atoms with Gasteiger partial charge in [0.15, 0.2) is 5.82 Å². The van der Waals surface area contributed by atoms with Crippen molar-refractivity contribution in [1.29, 1.82) is 0 Å². The molecule has 0 saturated carbocycles. The minimum Gasteiger partial charge on any atom is -0.469 e. The number of aryl methyl sites for hydroxylation is 1. The van der Waals surface area contributed by atoms with Crippen molar-refractivity contribution in [2.45, 2.75) is 25.9 Å². The molecule has 2 aliphatic rings. The molecule has 188 valence electrons. The quantitative estimate of drug-likeness (QED) is 0.486. The summed E-state index contributed by atoms with van der Waals surface area (Å²) in [4.78, 5) is 34.1. The lowest BCUT2D eigenvalue weighted by Gasteiger charge is -2.33. The van der Waals surface area contributed by atoms with Gasteiger partial charge < -0.3 is 30.2 Å². The number of likely N-dealkylation sites (N-methyl/N-ethyl adjacent to an activating group) is 1. The number of nitrogens with one attached hydrogen (secondary N) is 3. The van der Waals surface area contributed by atoms with Crippen molar-refractivity contribution in [2.75, 3.05) is 50.5 Å². The molecule has 1 aliphatic heterocycles. The molecular formula is C26H32N8O2. The van der Waals surface area contributed by atoms with E-state index in [1.54, 1.807) is 7.05 Å². The van der Waals surface area contributed by atoms with Gasteiger partial charge in [-0.25, -0.2) is 15.0 Å². The molecule has 0 bridgehead atoms. The van der Waals surface area contributed by atoms with Gasteiger partial charge in [-0.05, 0) is 49.9 Å². The molecule has 1 amide bonds. The van der Waals surface area contributed by atoms with Crippen LogP contribution in [0.25, 0.3) is 6.08 Å². The number of carbonyl (C=O) groups excluding carboxylic acids is 1.